The van der Waals surface area contributed by atoms with Gasteiger partial charge in [-0.15, -0.1) is 11.8 Å². The lowest BCUT2D eigenvalue weighted by Gasteiger charge is -2.39. The molecule has 0 saturated carbocycles. The maximum absolute atomic E-state index is 11.9. The third-order valence-electron chi connectivity index (χ3n) is 3.41. The average Bonchev–Trinajstić information content (AvgIpc) is 2.41. The molecule has 108 valence electrons. The lowest BCUT2D eigenvalue weighted by molar-refractivity contribution is -0.137. The van der Waals surface area contributed by atoms with Gasteiger partial charge in [-0.3, -0.25) is 9.59 Å². The van der Waals surface area contributed by atoms with Gasteiger partial charge in [-0.05, 0) is 19.1 Å². The van der Waals surface area contributed by atoms with Crippen molar-refractivity contribution in [3.8, 4) is 0 Å². The van der Waals surface area contributed by atoms with Gasteiger partial charge in [0.1, 0.15) is 6.54 Å². The van der Waals surface area contributed by atoms with Crippen LogP contribution >= 0.6 is 11.8 Å². The normalized spacial score (nSPS) is 21.2. The van der Waals surface area contributed by atoms with E-state index < -0.39 is 5.97 Å². The predicted molar refractivity (Wildman–Crippen MR) is 79.2 cm³/mol. The summed E-state index contributed by atoms with van der Waals surface area (Å²) in [7, 11) is 0. The minimum atomic E-state index is -1.03. The van der Waals surface area contributed by atoms with Crippen LogP contribution in [0.2, 0.25) is 0 Å². The molecule has 2 unspecified atom stereocenters. The van der Waals surface area contributed by atoms with E-state index in [4.69, 9.17) is 5.11 Å². The topological polar surface area (TPSA) is 69.6 Å². The van der Waals surface area contributed by atoms with Gasteiger partial charge in [0.15, 0.2) is 0 Å². The standard InChI is InChI=1S/C14H18N2O3S/c1-9-10(2)20-12-6-4-3-5-11(12)16(9)8-13(17)15-7-14(18)19/h3-6,9-10H,7-8H2,1-2H3,(H,15,17)(H,18,19). The van der Waals surface area contributed by atoms with Crippen LogP contribution in [-0.4, -0.2) is 41.4 Å². The number of carboxylic acids is 1. The molecule has 0 saturated heterocycles. The molecule has 2 rings (SSSR count). The highest BCUT2D eigenvalue weighted by atomic mass is 32.2. The molecule has 0 aliphatic carbocycles. The molecule has 1 aromatic rings. The molecule has 6 heteroatoms. The molecule has 0 bridgehead atoms. The Hall–Kier alpha value is -1.69. The molecule has 1 heterocycles. The van der Waals surface area contributed by atoms with Gasteiger partial charge < -0.3 is 15.3 Å². The van der Waals surface area contributed by atoms with Crippen LogP contribution in [-0.2, 0) is 9.59 Å². The Kier molecular flexibility index (Phi) is 4.54. The first-order chi connectivity index (χ1) is 9.49. The lowest BCUT2D eigenvalue weighted by Crippen LogP contribution is -2.48. The van der Waals surface area contributed by atoms with E-state index in [2.05, 4.69) is 19.2 Å². The molecule has 2 N–H and O–H groups in total. The number of para-hydroxylation sites is 1. The molecule has 1 amide bonds. The number of hydrogen-bond donors (Lipinski definition) is 2. The fraction of sp³-hybridized carbons (Fsp3) is 0.429. The van der Waals surface area contributed by atoms with Crippen molar-refractivity contribution in [2.24, 2.45) is 0 Å². The summed E-state index contributed by atoms with van der Waals surface area (Å²) in [5.74, 6) is -1.30. The minimum absolute atomic E-state index is 0.177. The van der Waals surface area contributed by atoms with Crippen LogP contribution in [0.1, 0.15) is 13.8 Å². The van der Waals surface area contributed by atoms with Crippen LogP contribution in [0.3, 0.4) is 0 Å². The van der Waals surface area contributed by atoms with Gasteiger partial charge in [0.05, 0.1) is 12.2 Å². The highest BCUT2D eigenvalue weighted by molar-refractivity contribution is 8.00. The molecular formula is C14H18N2O3S. The fourth-order valence-corrected chi connectivity index (χ4v) is 3.39. The maximum Gasteiger partial charge on any atom is 0.322 e. The van der Waals surface area contributed by atoms with Gasteiger partial charge in [0.2, 0.25) is 5.91 Å². The molecule has 5 nitrogen and oxygen atoms in total. The number of amides is 1. The number of nitrogens with zero attached hydrogens (tertiary/aromatic N) is 1. The van der Waals surface area contributed by atoms with E-state index in [0.29, 0.717) is 5.25 Å². The summed E-state index contributed by atoms with van der Waals surface area (Å²) >= 11 is 1.80. The first-order valence-electron chi connectivity index (χ1n) is 6.50. The van der Waals surface area contributed by atoms with E-state index in [9.17, 15) is 9.59 Å². The molecule has 1 aliphatic heterocycles. The van der Waals surface area contributed by atoms with E-state index in [1.54, 1.807) is 11.8 Å². The number of fused-ring (bicyclic) bond motifs is 1. The highest BCUT2D eigenvalue weighted by Crippen LogP contribution is 2.40. The first-order valence-corrected chi connectivity index (χ1v) is 7.38. The second-order valence-electron chi connectivity index (χ2n) is 4.83. The summed E-state index contributed by atoms with van der Waals surface area (Å²) in [4.78, 5) is 25.5. The van der Waals surface area contributed by atoms with Crippen molar-refractivity contribution in [1.82, 2.24) is 5.32 Å². The smallest absolute Gasteiger partial charge is 0.322 e. The van der Waals surface area contributed by atoms with Gasteiger partial charge in [-0.25, -0.2) is 0 Å². The zero-order chi connectivity index (χ0) is 14.7. The largest absolute Gasteiger partial charge is 0.480 e. The fourth-order valence-electron chi connectivity index (χ4n) is 2.18. The van der Waals surface area contributed by atoms with Crippen molar-refractivity contribution in [3.05, 3.63) is 24.3 Å². The number of rotatable bonds is 4. The molecule has 0 spiro atoms. The van der Waals surface area contributed by atoms with Gasteiger partial charge in [0.25, 0.3) is 0 Å². The summed E-state index contributed by atoms with van der Waals surface area (Å²) in [6.45, 7) is 4.05. The molecule has 1 aliphatic rings. The number of aliphatic carboxylic acids is 1. The van der Waals surface area contributed by atoms with Crippen molar-refractivity contribution in [1.29, 1.82) is 0 Å². The molecule has 0 aromatic heterocycles. The van der Waals surface area contributed by atoms with Crippen molar-refractivity contribution < 1.29 is 14.7 Å². The summed E-state index contributed by atoms with van der Waals surface area (Å²) in [6.07, 6.45) is 0. The van der Waals surface area contributed by atoms with Crippen LogP contribution < -0.4 is 10.2 Å². The SMILES string of the molecule is CC1Sc2ccccc2N(CC(=O)NCC(=O)O)C1C. The maximum atomic E-state index is 11.9. The third-order valence-corrected chi connectivity index (χ3v) is 4.77. The Labute approximate surface area is 122 Å². The molecule has 2 atom stereocenters. The summed E-state index contributed by atoms with van der Waals surface area (Å²) in [5.41, 5.74) is 1.04. The Morgan fingerprint density at radius 3 is 2.75 bits per heavy atom. The van der Waals surface area contributed by atoms with Crippen LogP contribution in [0.4, 0.5) is 5.69 Å². The van der Waals surface area contributed by atoms with Crippen molar-refractivity contribution in [3.63, 3.8) is 0 Å². The van der Waals surface area contributed by atoms with Gasteiger partial charge in [-0.2, -0.15) is 0 Å². The minimum Gasteiger partial charge on any atom is -0.480 e. The second-order valence-corrected chi connectivity index (χ2v) is 6.25. The molecule has 20 heavy (non-hydrogen) atoms. The van der Waals surface area contributed by atoms with E-state index in [1.165, 1.54) is 0 Å². The molecule has 0 radical (unpaired) electrons. The number of benzene rings is 1. The van der Waals surface area contributed by atoms with Crippen molar-refractivity contribution in [2.75, 3.05) is 18.0 Å². The summed E-state index contributed by atoms with van der Waals surface area (Å²) in [6, 6.07) is 8.19. The zero-order valence-electron chi connectivity index (χ0n) is 11.5. The highest BCUT2D eigenvalue weighted by Gasteiger charge is 2.30. The van der Waals surface area contributed by atoms with Crippen LogP contribution in [0.25, 0.3) is 0 Å². The third kappa shape index (κ3) is 3.25. The molecule has 0 fully saturated rings. The first kappa shape index (κ1) is 14.7. The van der Waals surface area contributed by atoms with Crippen LogP contribution in [0, 0.1) is 0 Å². The quantitative estimate of drug-likeness (QED) is 0.882. The monoisotopic (exact) mass is 294 g/mol. The van der Waals surface area contributed by atoms with E-state index >= 15 is 0 Å². The van der Waals surface area contributed by atoms with Crippen LogP contribution in [0.15, 0.2) is 29.2 Å². The van der Waals surface area contributed by atoms with Crippen molar-refractivity contribution in [2.45, 2.75) is 30.0 Å². The van der Waals surface area contributed by atoms with E-state index in [-0.39, 0.29) is 25.0 Å². The van der Waals surface area contributed by atoms with E-state index in [0.717, 1.165) is 10.6 Å². The predicted octanol–water partition coefficient (Wildman–Crippen LogP) is 1.58. The molecular weight excluding hydrogens is 276 g/mol. The Bertz CT molecular complexity index is 521. The number of anilines is 1. The number of carbonyl (C=O) groups is 2. The molecule has 1 aromatic carbocycles. The number of nitrogens with one attached hydrogen (secondary N) is 1. The number of hydrogen-bond acceptors (Lipinski definition) is 4. The van der Waals surface area contributed by atoms with Crippen molar-refractivity contribution >= 4 is 29.3 Å². The Morgan fingerprint density at radius 1 is 1.35 bits per heavy atom. The summed E-state index contributed by atoms with van der Waals surface area (Å²) in [5, 5.41) is 11.4. The number of thioether (sulfide) groups is 1. The number of carboxylic acid groups (broad SMARTS) is 1. The van der Waals surface area contributed by atoms with Gasteiger partial charge in [-0.1, -0.05) is 19.1 Å². The Morgan fingerprint density at radius 2 is 2.05 bits per heavy atom. The Balaban J connectivity index is 2.13. The van der Waals surface area contributed by atoms with Gasteiger partial charge in [0, 0.05) is 16.2 Å². The van der Waals surface area contributed by atoms with Gasteiger partial charge >= 0.3 is 5.97 Å². The van der Waals surface area contributed by atoms with E-state index in [1.807, 2.05) is 29.2 Å². The van der Waals surface area contributed by atoms with Crippen LogP contribution in [0.5, 0.6) is 0 Å². The summed E-state index contributed by atoms with van der Waals surface area (Å²) < 4.78 is 0. The second kappa shape index (κ2) is 6.17. The zero-order valence-corrected chi connectivity index (χ0v) is 12.3. The lowest BCUT2D eigenvalue weighted by atomic mass is 10.1. The average molecular weight is 294 g/mol. The number of carbonyl (C=O) groups excluding carboxylic acids is 1.